The lowest BCUT2D eigenvalue weighted by molar-refractivity contribution is 0.189. The number of rotatable bonds is 1. The largest absolute Gasteiger partial charge is 0.465 e. The second-order valence-corrected chi connectivity index (χ2v) is 4.36. The first-order valence-electron chi connectivity index (χ1n) is 4.83. The maximum atomic E-state index is 10.4. The van der Waals surface area contributed by atoms with Crippen molar-refractivity contribution in [2.24, 2.45) is 11.8 Å². The topological polar surface area (TPSA) is 52.6 Å². The van der Waals surface area contributed by atoms with Gasteiger partial charge in [0.2, 0.25) is 0 Å². The van der Waals surface area contributed by atoms with Gasteiger partial charge in [0.1, 0.15) is 0 Å². The Labute approximate surface area is 77.9 Å². The minimum absolute atomic E-state index is 0.209. The highest BCUT2D eigenvalue weighted by Gasteiger charge is 2.39. The summed E-state index contributed by atoms with van der Waals surface area (Å²) in [6.45, 7) is 2.28. The molecule has 1 saturated carbocycles. The second kappa shape index (κ2) is 3.18. The van der Waals surface area contributed by atoms with Crippen LogP contribution >= 0.6 is 0 Å². The molecule has 0 aromatic heterocycles. The van der Waals surface area contributed by atoms with Crippen molar-refractivity contribution in [3.05, 3.63) is 0 Å². The third kappa shape index (κ3) is 1.77. The lowest BCUT2D eigenvalue weighted by atomic mass is 10.0. The van der Waals surface area contributed by atoms with Crippen molar-refractivity contribution in [3.8, 4) is 0 Å². The van der Waals surface area contributed by atoms with Crippen LogP contribution in [0, 0.1) is 11.8 Å². The van der Waals surface area contributed by atoms with E-state index in [0.717, 1.165) is 37.8 Å². The molecule has 0 spiro atoms. The summed E-state index contributed by atoms with van der Waals surface area (Å²) in [5.74, 6) is 1.45. The number of fused-ring (bicyclic) bond motifs is 1. The van der Waals surface area contributed by atoms with Crippen LogP contribution in [0.2, 0.25) is 0 Å². The minimum Gasteiger partial charge on any atom is -0.465 e. The van der Waals surface area contributed by atoms with Crippen molar-refractivity contribution in [3.63, 3.8) is 0 Å². The van der Waals surface area contributed by atoms with Crippen LogP contribution in [0.4, 0.5) is 4.79 Å². The second-order valence-electron chi connectivity index (χ2n) is 4.36. The highest BCUT2D eigenvalue weighted by molar-refractivity contribution is 5.64. The Morgan fingerprint density at radius 3 is 2.38 bits per heavy atom. The molecule has 74 valence electrons. The molecule has 2 rings (SSSR count). The Morgan fingerprint density at radius 1 is 1.38 bits per heavy atom. The first-order chi connectivity index (χ1) is 6.15. The van der Waals surface area contributed by atoms with E-state index in [1.54, 1.807) is 0 Å². The normalized spacial score (nSPS) is 39.0. The zero-order valence-electron chi connectivity index (χ0n) is 7.86. The van der Waals surface area contributed by atoms with E-state index in [2.05, 4.69) is 17.3 Å². The third-order valence-electron chi connectivity index (χ3n) is 3.26. The molecule has 0 bridgehead atoms. The Hall–Kier alpha value is -0.770. The van der Waals surface area contributed by atoms with Crippen molar-refractivity contribution in [2.75, 3.05) is 20.1 Å². The van der Waals surface area contributed by atoms with Gasteiger partial charge < -0.3 is 15.3 Å². The van der Waals surface area contributed by atoms with Crippen molar-refractivity contribution >= 4 is 6.09 Å². The molecule has 2 N–H and O–H groups in total. The SMILES string of the molecule is CN1CC2CC(NC(=O)O)CC2C1. The summed E-state index contributed by atoms with van der Waals surface area (Å²) < 4.78 is 0. The van der Waals surface area contributed by atoms with Crippen LogP contribution in [0.5, 0.6) is 0 Å². The molecule has 1 heterocycles. The molecule has 13 heavy (non-hydrogen) atoms. The van der Waals surface area contributed by atoms with Crippen LogP contribution < -0.4 is 5.32 Å². The van der Waals surface area contributed by atoms with Crippen molar-refractivity contribution in [1.29, 1.82) is 0 Å². The first-order valence-corrected chi connectivity index (χ1v) is 4.83. The van der Waals surface area contributed by atoms with Gasteiger partial charge in [-0.05, 0) is 31.7 Å². The molecule has 2 fully saturated rings. The zero-order chi connectivity index (χ0) is 9.42. The zero-order valence-corrected chi connectivity index (χ0v) is 7.86. The summed E-state index contributed by atoms with van der Waals surface area (Å²) in [5.41, 5.74) is 0. The molecule has 1 aliphatic carbocycles. The van der Waals surface area contributed by atoms with Gasteiger partial charge in [0.25, 0.3) is 0 Å². The van der Waals surface area contributed by atoms with E-state index in [0.29, 0.717) is 0 Å². The highest BCUT2D eigenvalue weighted by Crippen LogP contribution is 2.37. The third-order valence-corrected chi connectivity index (χ3v) is 3.26. The summed E-state index contributed by atoms with van der Waals surface area (Å²) >= 11 is 0. The monoisotopic (exact) mass is 184 g/mol. The van der Waals surface area contributed by atoms with Crippen LogP contribution in [0.25, 0.3) is 0 Å². The fourth-order valence-electron chi connectivity index (χ4n) is 2.83. The number of likely N-dealkylation sites (tertiary alicyclic amines) is 1. The van der Waals surface area contributed by atoms with Crippen LogP contribution in [-0.2, 0) is 0 Å². The standard InChI is InChI=1S/C9H16N2O2/c1-11-4-6-2-8(10-9(12)13)3-7(6)5-11/h6-8,10H,2-5H2,1H3,(H,12,13). The van der Waals surface area contributed by atoms with Crippen molar-refractivity contribution in [1.82, 2.24) is 10.2 Å². The van der Waals surface area contributed by atoms with Crippen LogP contribution in [-0.4, -0.2) is 42.3 Å². The Bertz CT molecular complexity index is 206. The Balaban J connectivity index is 1.86. The fourth-order valence-corrected chi connectivity index (χ4v) is 2.83. The summed E-state index contributed by atoms with van der Waals surface area (Å²) in [5, 5.41) is 11.2. The summed E-state index contributed by atoms with van der Waals surface area (Å²) in [7, 11) is 2.14. The molecular weight excluding hydrogens is 168 g/mol. The average molecular weight is 184 g/mol. The number of amides is 1. The number of hydrogen-bond donors (Lipinski definition) is 2. The van der Waals surface area contributed by atoms with E-state index in [4.69, 9.17) is 5.11 Å². The van der Waals surface area contributed by atoms with Gasteiger partial charge in [0, 0.05) is 19.1 Å². The van der Waals surface area contributed by atoms with Crippen LogP contribution in [0.1, 0.15) is 12.8 Å². The average Bonchev–Trinajstić information content (AvgIpc) is 2.41. The molecule has 1 amide bonds. The van der Waals surface area contributed by atoms with Gasteiger partial charge in [0.05, 0.1) is 0 Å². The molecule has 4 nitrogen and oxygen atoms in total. The van der Waals surface area contributed by atoms with Crippen LogP contribution in [0.15, 0.2) is 0 Å². The van der Waals surface area contributed by atoms with E-state index in [-0.39, 0.29) is 6.04 Å². The van der Waals surface area contributed by atoms with Gasteiger partial charge >= 0.3 is 6.09 Å². The smallest absolute Gasteiger partial charge is 0.404 e. The molecular formula is C9H16N2O2. The molecule has 0 aromatic carbocycles. The van der Waals surface area contributed by atoms with Gasteiger partial charge in [-0.1, -0.05) is 0 Å². The van der Waals surface area contributed by atoms with Gasteiger partial charge in [-0.25, -0.2) is 4.79 Å². The quantitative estimate of drug-likeness (QED) is 0.627. The Morgan fingerprint density at radius 2 is 1.92 bits per heavy atom. The first kappa shape index (κ1) is 8.81. The predicted octanol–water partition coefficient (Wildman–Crippen LogP) is 0.594. The Kier molecular flexibility index (Phi) is 2.15. The molecule has 1 saturated heterocycles. The van der Waals surface area contributed by atoms with E-state index in [9.17, 15) is 4.79 Å². The van der Waals surface area contributed by atoms with E-state index < -0.39 is 6.09 Å². The number of nitrogens with zero attached hydrogens (tertiary/aromatic N) is 1. The lowest BCUT2D eigenvalue weighted by Gasteiger charge is -2.13. The minimum atomic E-state index is -0.877. The molecule has 2 unspecified atom stereocenters. The molecule has 0 aromatic rings. The van der Waals surface area contributed by atoms with Gasteiger partial charge in [0.15, 0.2) is 0 Å². The van der Waals surface area contributed by atoms with E-state index >= 15 is 0 Å². The van der Waals surface area contributed by atoms with E-state index in [1.807, 2.05) is 0 Å². The van der Waals surface area contributed by atoms with Crippen molar-refractivity contribution < 1.29 is 9.90 Å². The number of nitrogens with one attached hydrogen (secondary N) is 1. The summed E-state index contributed by atoms with van der Waals surface area (Å²) in [4.78, 5) is 12.8. The molecule has 1 aliphatic heterocycles. The number of carboxylic acid groups (broad SMARTS) is 1. The molecule has 2 aliphatic rings. The molecule has 4 heteroatoms. The molecule has 2 atom stereocenters. The van der Waals surface area contributed by atoms with Crippen molar-refractivity contribution in [2.45, 2.75) is 18.9 Å². The fraction of sp³-hybridized carbons (Fsp3) is 0.889. The molecule has 0 radical (unpaired) electrons. The number of hydrogen-bond acceptors (Lipinski definition) is 2. The highest BCUT2D eigenvalue weighted by atomic mass is 16.4. The van der Waals surface area contributed by atoms with Gasteiger partial charge in [-0.3, -0.25) is 0 Å². The van der Waals surface area contributed by atoms with E-state index in [1.165, 1.54) is 0 Å². The lowest BCUT2D eigenvalue weighted by Crippen LogP contribution is -2.33. The summed E-state index contributed by atoms with van der Waals surface area (Å²) in [6.07, 6.45) is 1.18. The maximum Gasteiger partial charge on any atom is 0.404 e. The van der Waals surface area contributed by atoms with Gasteiger partial charge in [-0.15, -0.1) is 0 Å². The number of carbonyl (C=O) groups is 1. The van der Waals surface area contributed by atoms with Crippen LogP contribution in [0.3, 0.4) is 0 Å². The predicted molar refractivity (Wildman–Crippen MR) is 48.7 cm³/mol. The summed E-state index contributed by atoms with van der Waals surface area (Å²) in [6, 6.07) is 0.209. The maximum absolute atomic E-state index is 10.4. The van der Waals surface area contributed by atoms with Gasteiger partial charge in [-0.2, -0.15) is 0 Å².